The topological polar surface area (TPSA) is 112 Å². The van der Waals surface area contributed by atoms with Crippen LogP contribution in [0.1, 0.15) is 53.0 Å². The van der Waals surface area contributed by atoms with E-state index in [2.05, 4.69) is 15.0 Å². The number of carbonyl (C=O) groups is 1. The molecule has 1 fully saturated rings. The average Bonchev–Trinajstić information content (AvgIpc) is 3.15. The summed E-state index contributed by atoms with van der Waals surface area (Å²) in [7, 11) is 0. The van der Waals surface area contributed by atoms with Gasteiger partial charge in [0.15, 0.2) is 0 Å². The van der Waals surface area contributed by atoms with Crippen molar-refractivity contribution in [3.05, 3.63) is 85.3 Å². The van der Waals surface area contributed by atoms with Crippen molar-refractivity contribution in [3.63, 3.8) is 0 Å². The van der Waals surface area contributed by atoms with E-state index in [0.717, 1.165) is 24.5 Å². The molecule has 0 unspecified atom stereocenters. The minimum Gasteiger partial charge on any atom is -0.443 e. The molecule has 0 radical (unpaired) electrons. The number of rotatable bonds is 4. The van der Waals surface area contributed by atoms with E-state index in [1.165, 1.54) is 0 Å². The lowest BCUT2D eigenvalue weighted by molar-refractivity contribution is 0.0563. The highest BCUT2D eigenvalue weighted by molar-refractivity contribution is 6.30. The van der Waals surface area contributed by atoms with Crippen molar-refractivity contribution in [3.8, 4) is 0 Å². The van der Waals surface area contributed by atoms with Crippen molar-refractivity contribution in [2.75, 3.05) is 6.54 Å². The van der Waals surface area contributed by atoms with E-state index in [0.29, 0.717) is 36.1 Å². The summed E-state index contributed by atoms with van der Waals surface area (Å²) < 4.78 is 5.94. The van der Waals surface area contributed by atoms with Crippen molar-refractivity contribution in [1.29, 1.82) is 0 Å². The van der Waals surface area contributed by atoms with E-state index in [4.69, 9.17) is 16.0 Å². The van der Waals surface area contributed by atoms with Crippen molar-refractivity contribution in [2.45, 2.75) is 31.7 Å². The fourth-order valence-electron chi connectivity index (χ4n) is 3.58. The van der Waals surface area contributed by atoms with Gasteiger partial charge in [0.25, 0.3) is 11.5 Å². The second kappa shape index (κ2) is 8.08. The van der Waals surface area contributed by atoms with Crippen LogP contribution in [0.2, 0.25) is 5.02 Å². The van der Waals surface area contributed by atoms with Crippen LogP contribution in [0.5, 0.6) is 0 Å². The number of aromatic nitrogens is 3. The minimum atomic E-state index is -0.714. The van der Waals surface area contributed by atoms with Crippen LogP contribution in [0.25, 0.3) is 0 Å². The first-order chi connectivity index (χ1) is 14.0. The number of nitrogens with zero attached hydrogens (tertiary/aromatic N) is 2. The zero-order valence-electron chi connectivity index (χ0n) is 15.5. The molecule has 2 N–H and O–H groups in total. The van der Waals surface area contributed by atoms with Crippen LogP contribution < -0.4 is 11.2 Å². The van der Waals surface area contributed by atoms with Gasteiger partial charge in [0, 0.05) is 24.1 Å². The maximum absolute atomic E-state index is 12.9. The average molecular weight is 415 g/mol. The Morgan fingerprint density at radius 3 is 2.90 bits per heavy atom. The van der Waals surface area contributed by atoms with Crippen molar-refractivity contribution < 1.29 is 9.21 Å². The number of halogens is 1. The third-order valence-corrected chi connectivity index (χ3v) is 5.11. The molecular formula is C20H19ClN4O4. The predicted molar refractivity (Wildman–Crippen MR) is 106 cm³/mol. The summed E-state index contributed by atoms with van der Waals surface area (Å²) in [5.74, 6) is 0.694. The zero-order valence-corrected chi connectivity index (χ0v) is 16.2. The molecule has 1 aromatic carbocycles. The Kier molecular flexibility index (Phi) is 5.35. The Morgan fingerprint density at radius 1 is 1.24 bits per heavy atom. The monoisotopic (exact) mass is 414 g/mol. The molecule has 3 aromatic rings. The van der Waals surface area contributed by atoms with Gasteiger partial charge in [-0.05, 0) is 37.0 Å². The number of amides is 1. The van der Waals surface area contributed by atoms with Crippen molar-refractivity contribution >= 4 is 17.5 Å². The first-order valence-electron chi connectivity index (χ1n) is 9.33. The Morgan fingerprint density at radius 2 is 2.10 bits per heavy atom. The fourth-order valence-corrected chi connectivity index (χ4v) is 3.79. The van der Waals surface area contributed by atoms with Gasteiger partial charge >= 0.3 is 5.69 Å². The van der Waals surface area contributed by atoms with Gasteiger partial charge in [-0.3, -0.25) is 14.6 Å². The van der Waals surface area contributed by atoms with E-state index >= 15 is 0 Å². The number of likely N-dealkylation sites (tertiary alicyclic amines) is 1. The summed E-state index contributed by atoms with van der Waals surface area (Å²) in [6, 6.07) is 8.24. The molecule has 1 saturated heterocycles. The lowest BCUT2D eigenvalue weighted by Crippen LogP contribution is -2.40. The number of carbonyl (C=O) groups excluding carboxylic acids is 1. The Labute approximate surface area is 170 Å². The molecule has 9 heteroatoms. The molecule has 8 nitrogen and oxygen atoms in total. The smallest absolute Gasteiger partial charge is 0.326 e. The highest BCUT2D eigenvalue weighted by Crippen LogP contribution is 2.32. The largest absolute Gasteiger partial charge is 0.443 e. The van der Waals surface area contributed by atoms with Crippen LogP contribution in [0, 0.1) is 0 Å². The second-order valence-corrected chi connectivity index (χ2v) is 7.42. The molecule has 150 valence electrons. The minimum absolute atomic E-state index is 0.0450. The molecule has 1 aliphatic heterocycles. The predicted octanol–water partition coefficient (Wildman–Crippen LogP) is 2.66. The number of piperidine rings is 1. The lowest BCUT2D eigenvalue weighted by atomic mass is 10.0. The van der Waals surface area contributed by atoms with Gasteiger partial charge in [-0.1, -0.05) is 23.7 Å². The standard InChI is InChI=1S/C20H19ClN4O4/c21-13-5-3-4-12(8-13)9-14-11-22-18(29-14)16-6-1-2-7-25(16)19(27)15-10-17(26)24-20(28)23-15/h3-5,8,10-11,16H,1-2,6-7,9H2,(H2,23,24,26,28)/t16-/m1/s1. The Balaban J connectivity index is 1.58. The third-order valence-electron chi connectivity index (χ3n) is 4.88. The molecule has 0 saturated carbocycles. The summed E-state index contributed by atoms with van der Waals surface area (Å²) in [5.41, 5.74) is -0.380. The molecule has 1 amide bonds. The fraction of sp³-hybridized carbons (Fsp3) is 0.300. The summed E-state index contributed by atoms with van der Waals surface area (Å²) >= 11 is 6.03. The molecule has 1 atom stereocenters. The van der Waals surface area contributed by atoms with E-state index in [1.807, 2.05) is 18.2 Å². The van der Waals surface area contributed by atoms with Crippen LogP contribution in [-0.4, -0.2) is 32.3 Å². The molecule has 2 aromatic heterocycles. The highest BCUT2D eigenvalue weighted by Gasteiger charge is 2.32. The van der Waals surface area contributed by atoms with Gasteiger partial charge in [0.1, 0.15) is 17.5 Å². The Hall–Kier alpha value is -3.13. The first-order valence-corrected chi connectivity index (χ1v) is 9.71. The van der Waals surface area contributed by atoms with E-state index in [-0.39, 0.29) is 11.7 Å². The summed E-state index contributed by atoms with van der Waals surface area (Å²) in [6.45, 7) is 0.490. The maximum Gasteiger partial charge on any atom is 0.326 e. The van der Waals surface area contributed by atoms with Gasteiger partial charge in [-0.2, -0.15) is 0 Å². The van der Waals surface area contributed by atoms with Gasteiger partial charge in [-0.25, -0.2) is 9.78 Å². The van der Waals surface area contributed by atoms with E-state index < -0.39 is 17.2 Å². The first kappa shape index (κ1) is 19.2. The number of hydrogen-bond donors (Lipinski definition) is 2. The summed E-state index contributed by atoms with van der Waals surface area (Å²) in [4.78, 5) is 46.5. The molecule has 29 heavy (non-hydrogen) atoms. The highest BCUT2D eigenvalue weighted by atomic mass is 35.5. The number of oxazole rings is 1. The third kappa shape index (κ3) is 4.32. The van der Waals surface area contributed by atoms with Crippen LogP contribution in [0.4, 0.5) is 0 Å². The quantitative estimate of drug-likeness (QED) is 0.681. The molecular weight excluding hydrogens is 396 g/mol. The summed E-state index contributed by atoms with van der Waals surface area (Å²) in [6.07, 6.45) is 4.63. The number of nitrogens with one attached hydrogen (secondary N) is 2. The normalized spacial score (nSPS) is 16.7. The molecule has 0 aliphatic carbocycles. The lowest BCUT2D eigenvalue weighted by Gasteiger charge is -2.33. The molecule has 0 spiro atoms. The second-order valence-electron chi connectivity index (χ2n) is 6.98. The number of aromatic amines is 2. The van der Waals surface area contributed by atoms with E-state index in [9.17, 15) is 14.4 Å². The number of benzene rings is 1. The SMILES string of the molecule is O=C(c1cc(=O)[nH]c(=O)[nH]1)N1CCCC[C@@H]1c1ncc(Cc2cccc(Cl)c2)o1. The van der Waals surface area contributed by atoms with E-state index in [1.54, 1.807) is 17.2 Å². The number of hydrogen-bond acceptors (Lipinski definition) is 5. The zero-order chi connectivity index (χ0) is 20.4. The van der Waals surface area contributed by atoms with Crippen LogP contribution in [0.3, 0.4) is 0 Å². The van der Waals surface area contributed by atoms with Crippen LogP contribution >= 0.6 is 11.6 Å². The summed E-state index contributed by atoms with van der Waals surface area (Å²) in [5, 5.41) is 0.651. The molecule has 3 heterocycles. The Bertz CT molecular complexity index is 1120. The molecule has 1 aliphatic rings. The van der Waals surface area contributed by atoms with Gasteiger partial charge in [0.2, 0.25) is 5.89 Å². The van der Waals surface area contributed by atoms with Crippen molar-refractivity contribution in [2.24, 2.45) is 0 Å². The van der Waals surface area contributed by atoms with Crippen molar-refractivity contribution in [1.82, 2.24) is 19.9 Å². The van der Waals surface area contributed by atoms with Gasteiger partial charge in [0.05, 0.1) is 6.20 Å². The molecule has 4 rings (SSSR count). The number of H-pyrrole nitrogens is 2. The van der Waals surface area contributed by atoms with Gasteiger partial charge < -0.3 is 14.3 Å². The van der Waals surface area contributed by atoms with Gasteiger partial charge in [-0.15, -0.1) is 0 Å². The molecule has 0 bridgehead atoms. The van der Waals surface area contributed by atoms with Crippen LogP contribution in [-0.2, 0) is 6.42 Å². The maximum atomic E-state index is 12.9. The van der Waals surface area contributed by atoms with Crippen LogP contribution in [0.15, 0.2) is 50.5 Å².